The number of aromatic nitrogens is 1. The molecule has 1 aromatic carbocycles. The lowest BCUT2D eigenvalue weighted by Crippen LogP contribution is -2.65. The molecule has 0 spiro atoms. The van der Waals surface area contributed by atoms with Crippen LogP contribution in [0.15, 0.2) is 46.9 Å². The predicted octanol–water partition coefficient (Wildman–Crippen LogP) is 2.71. The standard InChI is InChI=1S/C20H18N4O2S/c1-20-18-15(14-6-2-3-7-16(14)22-18)8-9-23(20)17(25)12-24(19(20)26)21-11-13-5-4-10-27-13/h2-7,10-11,22H,8-9,12H2,1H3/b21-11-/t20-/m1/s1. The van der Waals surface area contributed by atoms with Crippen molar-refractivity contribution >= 4 is 40.3 Å². The van der Waals surface area contributed by atoms with Crippen molar-refractivity contribution in [1.29, 1.82) is 0 Å². The molecule has 136 valence electrons. The Morgan fingerprint density at radius 1 is 1.22 bits per heavy atom. The minimum Gasteiger partial charge on any atom is -0.356 e. The minimum atomic E-state index is -1.06. The van der Waals surface area contributed by atoms with Crippen molar-refractivity contribution in [3.63, 3.8) is 0 Å². The first-order valence-corrected chi connectivity index (χ1v) is 9.77. The van der Waals surface area contributed by atoms with Gasteiger partial charge in [0.15, 0.2) is 5.54 Å². The summed E-state index contributed by atoms with van der Waals surface area (Å²) in [7, 11) is 0. The Labute approximate surface area is 160 Å². The van der Waals surface area contributed by atoms with Crippen molar-refractivity contribution in [2.24, 2.45) is 5.10 Å². The molecule has 27 heavy (non-hydrogen) atoms. The number of hydrogen-bond acceptors (Lipinski definition) is 4. The van der Waals surface area contributed by atoms with E-state index in [0.717, 1.165) is 33.5 Å². The lowest BCUT2D eigenvalue weighted by Gasteiger charge is -2.48. The van der Waals surface area contributed by atoms with E-state index in [-0.39, 0.29) is 18.4 Å². The third-order valence-corrected chi connectivity index (χ3v) is 6.34. The van der Waals surface area contributed by atoms with Crippen molar-refractivity contribution < 1.29 is 9.59 Å². The summed E-state index contributed by atoms with van der Waals surface area (Å²) in [5, 5.41) is 8.70. The normalized spacial score (nSPS) is 22.6. The van der Waals surface area contributed by atoms with Crippen LogP contribution in [0.2, 0.25) is 0 Å². The summed E-state index contributed by atoms with van der Waals surface area (Å²) in [4.78, 5) is 32.3. The molecule has 1 saturated heterocycles. The fourth-order valence-corrected chi connectivity index (χ4v) is 4.75. The summed E-state index contributed by atoms with van der Waals surface area (Å²) in [5.74, 6) is -0.257. The summed E-state index contributed by atoms with van der Waals surface area (Å²) in [5.41, 5.74) is 1.86. The van der Waals surface area contributed by atoms with Gasteiger partial charge in [0.2, 0.25) is 5.91 Å². The van der Waals surface area contributed by atoms with Crippen LogP contribution >= 0.6 is 11.3 Å². The number of hydrazone groups is 1. The molecule has 4 heterocycles. The van der Waals surface area contributed by atoms with Gasteiger partial charge in [-0.3, -0.25) is 9.59 Å². The summed E-state index contributed by atoms with van der Waals surface area (Å²) < 4.78 is 0. The zero-order valence-electron chi connectivity index (χ0n) is 14.8. The molecule has 2 aliphatic rings. The van der Waals surface area contributed by atoms with Crippen LogP contribution in [0.4, 0.5) is 0 Å². The molecular formula is C20H18N4O2S. The van der Waals surface area contributed by atoms with Gasteiger partial charge in [-0.15, -0.1) is 11.3 Å². The highest BCUT2D eigenvalue weighted by molar-refractivity contribution is 7.11. The monoisotopic (exact) mass is 378 g/mol. The van der Waals surface area contributed by atoms with Gasteiger partial charge in [0.1, 0.15) is 6.54 Å². The van der Waals surface area contributed by atoms with Gasteiger partial charge in [-0.05, 0) is 36.4 Å². The maximum atomic E-state index is 13.4. The van der Waals surface area contributed by atoms with E-state index in [4.69, 9.17) is 0 Å². The van der Waals surface area contributed by atoms with Gasteiger partial charge in [-0.2, -0.15) is 5.10 Å². The van der Waals surface area contributed by atoms with Gasteiger partial charge < -0.3 is 9.88 Å². The highest BCUT2D eigenvalue weighted by Crippen LogP contribution is 2.41. The van der Waals surface area contributed by atoms with Crippen LogP contribution in [0.3, 0.4) is 0 Å². The molecule has 5 rings (SSSR count). The van der Waals surface area contributed by atoms with E-state index in [1.807, 2.05) is 42.6 Å². The molecule has 7 heteroatoms. The number of H-pyrrole nitrogens is 1. The number of carbonyl (C=O) groups is 2. The highest BCUT2D eigenvalue weighted by Gasteiger charge is 2.54. The number of piperazine rings is 1. The maximum Gasteiger partial charge on any atom is 0.275 e. The largest absolute Gasteiger partial charge is 0.356 e. The van der Waals surface area contributed by atoms with Gasteiger partial charge in [-0.25, -0.2) is 5.01 Å². The van der Waals surface area contributed by atoms with Crippen molar-refractivity contribution in [3.05, 3.63) is 57.9 Å². The number of amides is 2. The Morgan fingerprint density at radius 2 is 2.07 bits per heavy atom. The van der Waals surface area contributed by atoms with Crippen LogP contribution in [-0.2, 0) is 21.5 Å². The van der Waals surface area contributed by atoms with Crippen LogP contribution < -0.4 is 0 Å². The van der Waals surface area contributed by atoms with Gasteiger partial charge in [0.05, 0.1) is 11.9 Å². The molecule has 2 amide bonds. The number of benzene rings is 1. The van der Waals surface area contributed by atoms with Crippen molar-refractivity contribution in [2.45, 2.75) is 18.9 Å². The van der Waals surface area contributed by atoms with E-state index in [9.17, 15) is 9.59 Å². The Kier molecular flexibility index (Phi) is 3.48. The van der Waals surface area contributed by atoms with E-state index in [2.05, 4.69) is 16.2 Å². The van der Waals surface area contributed by atoms with Gasteiger partial charge in [0, 0.05) is 22.3 Å². The van der Waals surface area contributed by atoms with E-state index in [0.29, 0.717) is 6.54 Å². The smallest absolute Gasteiger partial charge is 0.275 e. The van der Waals surface area contributed by atoms with Crippen LogP contribution in [0.1, 0.15) is 23.1 Å². The van der Waals surface area contributed by atoms with Crippen LogP contribution in [0, 0.1) is 0 Å². The fourth-order valence-electron chi connectivity index (χ4n) is 4.18. The van der Waals surface area contributed by atoms with Crippen LogP contribution in [0.5, 0.6) is 0 Å². The topological polar surface area (TPSA) is 68.8 Å². The molecular weight excluding hydrogens is 360 g/mol. The molecule has 0 unspecified atom stereocenters. The van der Waals surface area contributed by atoms with E-state index in [1.54, 1.807) is 11.1 Å². The van der Waals surface area contributed by atoms with Crippen molar-refractivity contribution in [1.82, 2.24) is 14.9 Å². The number of aromatic amines is 1. The first kappa shape index (κ1) is 16.3. The minimum absolute atomic E-state index is 0.0220. The Hall–Kier alpha value is -2.93. The molecule has 0 aliphatic carbocycles. The van der Waals surface area contributed by atoms with E-state index in [1.165, 1.54) is 16.3 Å². The first-order chi connectivity index (χ1) is 13.1. The molecule has 0 bridgehead atoms. The summed E-state index contributed by atoms with van der Waals surface area (Å²) in [6.07, 6.45) is 2.39. The number of nitrogens with zero attached hydrogens (tertiary/aromatic N) is 3. The summed E-state index contributed by atoms with van der Waals surface area (Å²) >= 11 is 1.54. The van der Waals surface area contributed by atoms with Crippen LogP contribution in [0.25, 0.3) is 10.9 Å². The molecule has 1 N–H and O–H groups in total. The number of carbonyl (C=O) groups excluding carboxylic acids is 2. The lowest BCUT2D eigenvalue weighted by atomic mass is 9.83. The molecule has 0 saturated carbocycles. The van der Waals surface area contributed by atoms with Gasteiger partial charge in [-0.1, -0.05) is 24.3 Å². The molecule has 1 atom stereocenters. The number of hydrogen-bond donors (Lipinski definition) is 1. The zero-order valence-corrected chi connectivity index (χ0v) is 15.6. The second-order valence-electron chi connectivity index (χ2n) is 7.01. The number of fused-ring (bicyclic) bond motifs is 5. The molecule has 6 nitrogen and oxygen atoms in total. The Balaban J connectivity index is 1.61. The third kappa shape index (κ3) is 2.28. The Morgan fingerprint density at radius 3 is 2.89 bits per heavy atom. The average molecular weight is 378 g/mol. The molecule has 2 aromatic heterocycles. The second kappa shape index (κ2) is 5.79. The molecule has 3 aromatic rings. The van der Waals surface area contributed by atoms with Crippen molar-refractivity contribution in [2.75, 3.05) is 13.1 Å². The number of para-hydroxylation sites is 1. The van der Waals surface area contributed by atoms with E-state index >= 15 is 0 Å². The fraction of sp³-hybridized carbons (Fsp3) is 0.250. The summed E-state index contributed by atoms with van der Waals surface area (Å²) in [6, 6.07) is 11.9. The van der Waals surface area contributed by atoms with Gasteiger partial charge in [0.25, 0.3) is 5.91 Å². The molecule has 0 radical (unpaired) electrons. The molecule has 1 fully saturated rings. The summed E-state index contributed by atoms with van der Waals surface area (Å²) in [6.45, 7) is 2.34. The number of thiophene rings is 1. The second-order valence-corrected chi connectivity index (χ2v) is 7.99. The quantitative estimate of drug-likeness (QED) is 0.697. The third-order valence-electron chi connectivity index (χ3n) is 5.53. The maximum absolute atomic E-state index is 13.4. The number of rotatable bonds is 2. The SMILES string of the molecule is C[C@@]12C(=O)N(/N=C\c3cccs3)CC(=O)N1CCc1c2[nH]c2ccccc12. The number of nitrogens with one attached hydrogen (secondary N) is 1. The highest BCUT2D eigenvalue weighted by atomic mass is 32.1. The Bertz CT molecular complexity index is 1080. The average Bonchev–Trinajstić information content (AvgIpc) is 3.32. The van der Waals surface area contributed by atoms with E-state index < -0.39 is 5.54 Å². The van der Waals surface area contributed by atoms with Crippen LogP contribution in [-0.4, -0.2) is 46.0 Å². The zero-order chi connectivity index (χ0) is 18.6. The first-order valence-electron chi connectivity index (χ1n) is 8.89. The molecule has 2 aliphatic heterocycles. The lowest BCUT2D eigenvalue weighted by molar-refractivity contribution is -0.165. The van der Waals surface area contributed by atoms with Gasteiger partial charge >= 0.3 is 0 Å². The van der Waals surface area contributed by atoms with Crippen molar-refractivity contribution in [3.8, 4) is 0 Å². The predicted molar refractivity (Wildman–Crippen MR) is 105 cm³/mol.